The lowest BCUT2D eigenvalue weighted by Crippen LogP contribution is -2.54. The highest BCUT2D eigenvalue weighted by Crippen LogP contribution is 2.37. The van der Waals surface area contributed by atoms with Gasteiger partial charge in [-0.2, -0.15) is 0 Å². The number of aromatic hydroxyl groups is 1. The molecule has 1 heterocycles. The number of hydrogen-bond acceptors (Lipinski definition) is 7. The number of halogens is 1. The third kappa shape index (κ3) is 4.59. The number of methoxy groups -OCH3 is 1. The smallest absolute Gasteiger partial charge is 0.341 e. The third-order valence-corrected chi connectivity index (χ3v) is 4.39. The van der Waals surface area contributed by atoms with E-state index in [1.54, 1.807) is 0 Å². The quantitative estimate of drug-likeness (QED) is 0.452. The number of aliphatic carboxylic acids is 1. The average molecular weight is 447 g/mol. The molecule has 1 fully saturated rings. The average Bonchev–Trinajstić information content (AvgIpc) is 2.71. The first-order valence-electron chi connectivity index (χ1n) is 8.64. The van der Waals surface area contributed by atoms with E-state index in [1.165, 1.54) is 49.6 Å². The molecule has 0 aromatic heterocycles. The number of rotatable bonds is 6. The van der Waals surface area contributed by atoms with Crippen molar-refractivity contribution in [2.24, 2.45) is 0 Å². The van der Waals surface area contributed by atoms with Crippen LogP contribution in [0, 0.1) is 0 Å². The number of phenols is 1. The molecule has 11 heteroatoms. The van der Waals surface area contributed by atoms with Crippen LogP contribution in [0.3, 0.4) is 0 Å². The van der Waals surface area contributed by atoms with Gasteiger partial charge in [0.2, 0.25) is 0 Å². The van der Waals surface area contributed by atoms with Gasteiger partial charge in [0.15, 0.2) is 18.1 Å². The summed E-state index contributed by atoms with van der Waals surface area (Å²) in [7, 11) is 1.31. The van der Waals surface area contributed by atoms with Gasteiger partial charge < -0.3 is 19.7 Å². The number of imide groups is 2. The van der Waals surface area contributed by atoms with Crippen molar-refractivity contribution < 1.29 is 38.9 Å². The summed E-state index contributed by atoms with van der Waals surface area (Å²) in [6.45, 7) is -0.652. The van der Waals surface area contributed by atoms with Crippen LogP contribution in [-0.2, 0) is 14.4 Å². The monoisotopic (exact) mass is 446 g/mol. The maximum absolute atomic E-state index is 12.9. The van der Waals surface area contributed by atoms with Gasteiger partial charge in [-0.05, 0) is 48.0 Å². The van der Waals surface area contributed by atoms with E-state index in [4.69, 9.17) is 26.2 Å². The number of hydrogen-bond donors (Lipinski definition) is 3. The van der Waals surface area contributed by atoms with E-state index < -0.39 is 30.4 Å². The molecule has 0 aliphatic carbocycles. The molecule has 1 saturated heterocycles. The van der Waals surface area contributed by atoms with Crippen LogP contribution >= 0.6 is 11.6 Å². The van der Waals surface area contributed by atoms with Gasteiger partial charge in [0.05, 0.1) is 17.8 Å². The molecule has 3 N–H and O–H groups in total. The molecule has 0 radical (unpaired) electrons. The number of carbonyl (C=O) groups is 4. The zero-order valence-corrected chi connectivity index (χ0v) is 16.7. The fourth-order valence-electron chi connectivity index (χ4n) is 2.76. The number of benzene rings is 2. The van der Waals surface area contributed by atoms with E-state index in [0.717, 1.165) is 4.90 Å². The Hall–Kier alpha value is -4.05. The zero-order valence-electron chi connectivity index (χ0n) is 15.9. The van der Waals surface area contributed by atoms with Gasteiger partial charge in [-0.25, -0.2) is 14.5 Å². The highest BCUT2D eigenvalue weighted by atomic mass is 35.5. The van der Waals surface area contributed by atoms with Crippen molar-refractivity contribution in [2.75, 3.05) is 18.6 Å². The van der Waals surface area contributed by atoms with E-state index in [9.17, 15) is 24.3 Å². The summed E-state index contributed by atoms with van der Waals surface area (Å²) < 4.78 is 10.3. The van der Waals surface area contributed by atoms with E-state index >= 15 is 0 Å². The van der Waals surface area contributed by atoms with Gasteiger partial charge >= 0.3 is 12.0 Å². The first-order valence-corrected chi connectivity index (χ1v) is 9.01. The Labute approximate surface area is 180 Å². The first-order chi connectivity index (χ1) is 14.7. The zero-order chi connectivity index (χ0) is 22.7. The van der Waals surface area contributed by atoms with E-state index in [1.807, 2.05) is 0 Å². The largest absolute Gasteiger partial charge is 0.508 e. The minimum absolute atomic E-state index is 0.0115. The molecule has 2 aromatic carbocycles. The van der Waals surface area contributed by atoms with Gasteiger partial charge in [-0.1, -0.05) is 11.6 Å². The van der Waals surface area contributed by atoms with E-state index in [-0.39, 0.29) is 39.1 Å². The number of carboxylic acids is 1. The molecule has 0 bridgehead atoms. The second-order valence-corrected chi connectivity index (χ2v) is 6.60. The molecule has 1 aliphatic rings. The first kappa shape index (κ1) is 21.7. The minimum Gasteiger partial charge on any atom is -0.508 e. The number of ether oxygens (including phenoxy) is 2. The highest BCUT2D eigenvalue weighted by Gasteiger charge is 2.36. The number of amides is 4. The maximum atomic E-state index is 12.9. The highest BCUT2D eigenvalue weighted by molar-refractivity contribution is 6.39. The second-order valence-electron chi connectivity index (χ2n) is 6.19. The number of nitrogens with one attached hydrogen (secondary N) is 1. The summed E-state index contributed by atoms with van der Waals surface area (Å²) in [6, 6.07) is 7.05. The molecular weight excluding hydrogens is 432 g/mol. The van der Waals surface area contributed by atoms with Crippen LogP contribution < -0.4 is 19.7 Å². The SMILES string of the molecule is COc1cc(/C=C2/C(=O)NC(=O)N(c3ccc(O)cc3)C2=O)cc(Cl)c1OCC(=O)O. The van der Waals surface area contributed by atoms with Crippen LogP contribution in [0.2, 0.25) is 5.02 Å². The Kier molecular flexibility index (Phi) is 6.12. The predicted molar refractivity (Wildman–Crippen MR) is 108 cm³/mol. The molecule has 0 atom stereocenters. The summed E-state index contributed by atoms with van der Waals surface area (Å²) in [6.07, 6.45) is 1.20. The molecule has 0 saturated carbocycles. The lowest BCUT2D eigenvalue weighted by Gasteiger charge is -2.26. The van der Waals surface area contributed by atoms with Crippen molar-refractivity contribution in [1.29, 1.82) is 0 Å². The molecule has 0 spiro atoms. The second kappa shape index (κ2) is 8.76. The Morgan fingerprint density at radius 2 is 1.87 bits per heavy atom. The summed E-state index contributed by atoms with van der Waals surface area (Å²) in [5.41, 5.74) is 0.0553. The Balaban J connectivity index is 1.99. The Morgan fingerprint density at radius 3 is 2.48 bits per heavy atom. The number of carboxylic acid groups (broad SMARTS) is 1. The van der Waals surface area contributed by atoms with Crippen molar-refractivity contribution in [1.82, 2.24) is 5.32 Å². The number of anilines is 1. The normalized spacial score (nSPS) is 15.1. The van der Waals surface area contributed by atoms with Crippen LogP contribution in [0.25, 0.3) is 6.08 Å². The fraction of sp³-hybridized carbons (Fsp3) is 0.100. The summed E-state index contributed by atoms with van der Waals surface area (Å²) in [5.74, 6) is -3.02. The van der Waals surface area contributed by atoms with Crippen molar-refractivity contribution in [3.63, 3.8) is 0 Å². The van der Waals surface area contributed by atoms with Gasteiger partial charge in [0.25, 0.3) is 11.8 Å². The van der Waals surface area contributed by atoms with Crippen LogP contribution in [0.15, 0.2) is 42.0 Å². The molecule has 31 heavy (non-hydrogen) atoms. The van der Waals surface area contributed by atoms with Gasteiger partial charge in [-0.15, -0.1) is 0 Å². The van der Waals surface area contributed by atoms with Crippen LogP contribution in [0.4, 0.5) is 10.5 Å². The number of nitrogens with zero attached hydrogens (tertiary/aromatic N) is 1. The number of phenolic OH excluding ortho intramolecular Hbond substituents is 1. The molecule has 4 amide bonds. The topological polar surface area (TPSA) is 142 Å². The minimum atomic E-state index is -1.22. The molecule has 0 unspecified atom stereocenters. The molecule has 1 aliphatic heterocycles. The Bertz CT molecular complexity index is 1110. The maximum Gasteiger partial charge on any atom is 0.341 e. The van der Waals surface area contributed by atoms with E-state index in [2.05, 4.69) is 5.32 Å². The number of carbonyl (C=O) groups excluding carboxylic acids is 3. The Morgan fingerprint density at radius 1 is 1.19 bits per heavy atom. The standard InChI is InChI=1S/C20H15ClN2O8/c1-30-15-8-10(7-14(21)17(15)31-9-16(25)26)6-13-18(27)22-20(29)23(19(13)28)11-2-4-12(24)5-3-11/h2-8,24H,9H2,1H3,(H,25,26)(H,22,27,29)/b13-6-. The molecular formula is C20H15ClN2O8. The van der Waals surface area contributed by atoms with Crippen molar-refractivity contribution in [3.8, 4) is 17.2 Å². The summed E-state index contributed by atoms with van der Waals surface area (Å²) in [4.78, 5) is 48.9. The predicted octanol–water partition coefficient (Wildman–Crippen LogP) is 2.18. The lowest BCUT2D eigenvalue weighted by molar-refractivity contribution is -0.139. The summed E-state index contributed by atoms with van der Waals surface area (Å²) >= 11 is 6.15. The number of barbiturate groups is 1. The third-order valence-electron chi connectivity index (χ3n) is 4.11. The van der Waals surface area contributed by atoms with Gasteiger partial charge in [0.1, 0.15) is 11.3 Å². The lowest BCUT2D eigenvalue weighted by atomic mass is 10.1. The fourth-order valence-corrected chi connectivity index (χ4v) is 3.03. The van der Waals surface area contributed by atoms with Crippen molar-refractivity contribution >= 4 is 47.2 Å². The van der Waals surface area contributed by atoms with Crippen LogP contribution in [0.5, 0.6) is 17.2 Å². The van der Waals surface area contributed by atoms with Gasteiger partial charge in [0, 0.05) is 0 Å². The number of urea groups is 1. The van der Waals surface area contributed by atoms with Crippen molar-refractivity contribution in [2.45, 2.75) is 0 Å². The molecule has 10 nitrogen and oxygen atoms in total. The van der Waals surface area contributed by atoms with Gasteiger partial charge in [-0.3, -0.25) is 14.9 Å². The van der Waals surface area contributed by atoms with Crippen LogP contribution in [0.1, 0.15) is 5.56 Å². The molecule has 160 valence electrons. The molecule has 2 aromatic rings. The van der Waals surface area contributed by atoms with E-state index in [0.29, 0.717) is 0 Å². The summed E-state index contributed by atoms with van der Waals surface area (Å²) in [5, 5.41) is 20.2. The molecule has 3 rings (SSSR count). The van der Waals surface area contributed by atoms with Crippen molar-refractivity contribution in [3.05, 3.63) is 52.6 Å². The van der Waals surface area contributed by atoms with Crippen LogP contribution in [-0.4, -0.2) is 47.7 Å².